The molecule has 0 radical (unpaired) electrons. The molecule has 0 fully saturated rings. The third-order valence-electron chi connectivity index (χ3n) is 2.06. The van der Waals surface area contributed by atoms with Gasteiger partial charge in [-0.2, -0.15) is 0 Å². The maximum atomic E-state index is 9.72. The molecule has 0 N–H and O–H groups in total. The molecule has 0 bridgehead atoms. The highest BCUT2D eigenvalue weighted by Gasteiger charge is 2.05. The second kappa shape index (κ2) is 11.8. The average Bonchev–Trinajstić information content (AvgIpc) is 2.21. The summed E-state index contributed by atoms with van der Waals surface area (Å²) in [5, 5.41) is 8.99. The van der Waals surface area contributed by atoms with E-state index in [1.165, 1.54) is 12.7 Å². The van der Waals surface area contributed by atoms with Crippen molar-refractivity contribution >= 4 is 0 Å². The summed E-state index contributed by atoms with van der Waals surface area (Å²) in [4.78, 5) is 13.9. The Morgan fingerprint density at radius 1 is 1.26 bits per heavy atom. The topological polar surface area (TPSA) is 61.6 Å². The highest BCUT2D eigenvalue weighted by molar-refractivity contribution is 4.63. The van der Waals surface area contributed by atoms with Crippen LogP contribution in [0.1, 0.15) is 60.3 Å². The number of rotatable bonds is 8. The van der Waals surface area contributed by atoms with Gasteiger partial charge in [0.2, 0.25) is 0 Å². The van der Waals surface area contributed by atoms with Crippen LogP contribution in [0.15, 0.2) is 12.8 Å². The zero-order valence-corrected chi connectivity index (χ0v) is 13.0. The highest BCUT2D eigenvalue weighted by Crippen LogP contribution is 2.07. The molecule has 0 saturated carbocycles. The molecule has 5 heteroatoms. The molecule has 114 valence electrons. The summed E-state index contributed by atoms with van der Waals surface area (Å²) < 4.78 is 4.99. The Labute approximate surface area is 117 Å². The van der Waals surface area contributed by atoms with Crippen molar-refractivity contribution in [3.8, 4) is 0 Å². The van der Waals surface area contributed by atoms with E-state index >= 15 is 0 Å². The first-order valence-electron chi connectivity index (χ1n) is 6.75. The van der Waals surface area contributed by atoms with Crippen LogP contribution in [-0.4, -0.2) is 17.3 Å². The molecule has 0 heterocycles. The summed E-state index contributed by atoms with van der Waals surface area (Å²) >= 11 is 0. The van der Waals surface area contributed by atoms with Gasteiger partial charge in [0.15, 0.2) is 0 Å². The molecule has 0 aliphatic rings. The Morgan fingerprint density at radius 3 is 2.16 bits per heavy atom. The van der Waals surface area contributed by atoms with Gasteiger partial charge in [0, 0.05) is 0 Å². The minimum atomic E-state index is -0.734. The van der Waals surface area contributed by atoms with Gasteiger partial charge in [-0.05, 0) is 33.1 Å². The fourth-order valence-electron chi connectivity index (χ4n) is 1.22. The lowest BCUT2D eigenvalue weighted by Gasteiger charge is -2.16. The van der Waals surface area contributed by atoms with Crippen molar-refractivity contribution in [1.82, 2.24) is 0 Å². The molecule has 5 nitrogen and oxygen atoms in total. The van der Waals surface area contributed by atoms with Crippen molar-refractivity contribution in [2.45, 2.75) is 65.9 Å². The van der Waals surface area contributed by atoms with Crippen LogP contribution in [0.2, 0.25) is 0 Å². The van der Waals surface area contributed by atoms with E-state index in [-0.39, 0.29) is 12.2 Å². The van der Waals surface area contributed by atoms with E-state index in [9.17, 15) is 10.1 Å². The van der Waals surface area contributed by atoms with Crippen molar-refractivity contribution in [3.63, 3.8) is 0 Å². The molecule has 0 aliphatic carbocycles. The predicted molar refractivity (Wildman–Crippen MR) is 77.3 cm³/mol. The number of hydrogen-bond acceptors (Lipinski definition) is 4. The SMILES string of the molecule is C=COC(C)(C)C.CC(C)CCCCCO[N+](=O)[O-]. The van der Waals surface area contributed by atoms with E-state index in [1.54, 1.807) is 0 Å². The second-order valence-corrected chi connectivity index (χ2v) is 5.70. The van der Waals surface area contributed by atoms with Gasteiger partial charge >= 0.3 is 0 Å². The lowest BCUT2D eigenvalue weighted by molar-refractivity contribution is -0.757. The van der Waals surface area contributed by atoms with Gasteiger partial charge in [0.05, 0.1) is 18.5 Å². The summed E-state index contributed by atoms with van der Waals surface area (Å²) in [5.41, 5.74) is -0.0677. The summed E-state index contributed by atoms with van der Waals surface area (Å²) in [5.74, 6) is 0.724. The first kappa shape index (κ1) is 20.1. The fourth-order valence-corrected chi connectivity index (χ4v) is 1.22. The first-order valence-corrected chi connectivity index (χ1v) is 6.75. The molecule has 0 unspecified atom stereocenters. The summed E-state index contributed by atoms with van der Waals surface area (Å²) in [7, 11) is 0. The lowest BCUT2D eigenvalue weighted by atomic mass is 10.1. The minimum Gasteiger partial charge on any atom is -0.496 e. The van der Waals surface area contributed by atoms with Crippen LogP contribution in [0, 0.1) is 16.0 Å². The van der Waals surface area contributed by atoms with Gasteiger partial charge in [0.1, 0.15) is 0 Å². The van der Waals surface area contributed by atoms with E-state index in [0.717, 1.165) is 25.2 Å². The molecule has 0 aromatic carbocycles. The molecule has 0 aromatic rings. The number of ether oxygens (including phenoxy) is 1. The summed E-state index contributed by atoms with van der Waals surface area (Å²) in [6, 6.07) is 0. The zero-order valence-electron chi connectivity index (χ0n) is 13.0. The molecule has 0 aliphatic heterocycles. The normalized spacial score (nSPS) is 10.4. The quantitative estimate of drug-likeness (QED) is 0.286. The minimum absolute atomic E-state index is 0.0677. The fraction of sp³-hybridized carbons (Fsp3) is 0.857. The monoisotopic (exact) mass is 275 g/mol. The average molecular weight is 275 g/mol. The van der Waals surface area contributed by atoms with Gasteiger partial charge in [-0.15, -0.1) is 10.1 Å². The largest absolute Gasteiger partial charge is 0.496 e. The van der Waals surface area contributed by atoms with Crippen LogP contribution in [0.3, 0.4) is 0 Å². The molecular weight excluding hydrogens is 246 g/mol. The van der Waals surface area contributed by atoms with Crippen molar-refractivity contribution in [2.24, 2.45) is 5.92 Å². The highest BCUT2D eigenvalue weighted by atomic mass is 16.9. The number of hydrogen-bond donors (Lipinski definition) is 0. The Kier molecular flexibility index (Phi) is 12.5. The molecule has 19 heavy (non-hydrogen) atoms. The molecule has 0 atom stereocenters. The lowest BCUT2D eigenvalue weighted by Crippen LogP contribution is -2.14. The van der Waals surface area contributed by atoms with Crippen LogP contribution in [0.5, 0.6) is 0 Å². The maximum Gasteiger partial charge on any atom is 0.294 e. The van der Waals surface area contributed by atoms with E-state index in [4.69, 9.17) is 4.74 Å². The summed E-state index contributed by atoms with van der Waals surface area (Å²) in [6.45, 7) is 14.0. The standard InChI is InChI=1S/C8H17NO3.C6H12O/c1-8(2)6-4-3-5-7-12-9(10)11;1-5-7-6(2,3)4/h8H,3-7H2,1-2H3;5H,1H2,2-4H3. The smallest absolute Gasteiger partial charge is 0.294 e. The van der Waals surface area contributed by atoms with E-state index in [1.807, 2.05) is 20.8 Å². The third kappa shape index (κ3) is 26.4. The maximum absolute atomic E-state index is 9.72. The van der Waals surface area contributed by atoms with Crippen LogP contribution in [-0.2, 0) is 9.57 Å². The van der Waals surface area contributed by atoms with E-state index < -0.39 is 5.09 Å². The second-order valence-electron chi connectivity index (χ2n) is 5.70. The Hall–Kier alpha value is -1.26. The van der Waals surface area contributed by atoms with Gasteiger partial charge in [-0.25, -0.2) is 0 Å². The third-order valence-corrected chi connectivity index (χ3v) is 2.06. The van der Waals surface area contributed by atoms with Crippen LogP contribution in [0.4, 0.5) is 0 Å². The molecular formula is C14H29NO4. The van der Waals surface area contributed by atoms with Crippen LogP contribution < -0.4 is 0 Å². The van der Waals surface area contributed by atoms with Gasteiger partial charge in [-0.1, -0.05) is 39.7 Å². The van der Waals surface area contributed by atoms with Crippen molar-refractivity contribution in [2.75, 3.05) is 6.61 Å². The van der Waals surface area contributed by atoms with Crippen LogP contribution in [0.25, 0.3) is 0 Å². The molecule has 0 rings (SSSR count). The van der Waals surface area contributed by atoms with Gasteiger partial charge in [0.25, 0.3) is 5.09 Å². The predicted octanol–water partition coefficient (Wildman–Crippen LogP) is 4.36. The van der Waals surface area contributed by atoms with Crippen molar-refractivity contribution in [1.29, 1.82) is 0 Å². The van der Waals surface area contributed by atoms with Gasteiger partial charge in [-0.3, -0.25) is 0 Å². The van der Waals surface area contributed by atoms with Crippen LogP contribution >= 0.6 is 0 Å². The number of nitrogens with zero attached hydrogens (tertiary/aromatic N) is 1. The zero-order chi connectivity index (χ0) is 15.3. The summed E-state index contributed by atoms with van der Waals surface area (Å²) in [6.07, 6.45) is 5.59. The Bertz CT molecular complexity index is 234. The van der Waals surface area contributed by atoms with E-state index in [2.05, 4.69) is 25.3 Å². The number of unbranched alkanes of at least 4 members (excludes halogenated alkanes) is 2. The first-order chi connectivity index (χ1) is 8.69. The van der Waals surface area contributed by atoms with E-state index in [0.29, 0.717) is 0 Å². The van der Waals surface area contributed by atoms with Crippen molar-refractivity contribution < 1.29 is 14.7 Å². The molecule has 0 saturated heterocycles. The van der Waals surface area contributed by atoms with Crippen molar-refractivity contribution in [3.05, 3.63) is 23.0 Å². The molecule has 0 aromatic heterocycles. The molecule has 0 spiro atoms. The molecule has 0 amide bonds. The Morgan fingerprint density at radius 2 is 1.84 bits per heavy atom. The van der Waals surface area contributed by atoms with Gasteiger partial charge < -0.3 is 9.57 Å². The Balaban J connectivity index is 0.